The first-order valence-corrected chi connectivity index (χ1v) is 11.6. The Morgan fingerprint density at radius 1 is 1.18 bits per heavy atom. The summed E-state index contributed by atoms with van der Waals surface area (Å²) in [5, 5.41) is 16.4. The van der Waals surface area contributed by atoms with E-state index in [1.807, 2.05) is 14.0 Å². The molecule has 28 heavy (non-hydrogen) atoms. The fourth-order valence-corrected chi connectivity index (χ4v) is 5.61. The minimum Gasteiger partial charge on any atom is -0.845 e. The third kappa shape index (κ3) is 3.70. The monoisotopic (exact) mass is 402 g/mol. The zero-order chi connectivity index (χ0) is 19.9. The summed E-state index contributed by atoms with van der Waals surface area (Å²) >= 11 is 0. The van der Waals surface area contributed by atoms with Crippen LogP contribution in [0.5, 0.6) is 0 Å². The quantitative estimate of drug-likeness (QED) is 0.616. The van der Waals surface area contributed by atoms with E-state index in [1.54, 1.807) is 6.08 Å². The number of benzene rings is 1. The Morgan fingerprint density at radius 2 is 1.82 bits per heavy atom. The van der Waals surface area contributed by atoms with Gasteiger partial charge >= 0.3 is 0 Å². The predicted molar refractivity (Wildman–Crippen MR) is 110 cm³/mol. The highest BCUT2D eigenvalue weighted by Crippen LogP contribution is 2.38. The van der Waals surface area contributed by atoms with Gasteiger partial charge in [-0.2, -0.15) is 12.8 Å². The third-order valence-electron chi connectivity index (χ3n) is 6.56. The van der Waals surface area contributed by atoms with E-state index in [0.717, 1.165) is 80.1 Å². The molecule has 1 aliphatic heterocycles. The van der Waals surface area contributed by atoms with Gasteiger partial charge in [0.2, 0.25) is 0 Å². The van der Waals surface area contributed by atoms with E-state index >= 15 is 0 Å². The van der Waals surface area contributed by atoms with Crippen molar-refractivity contribution in [1.82, 2.24) is 4.90 Å². The van der Waals surface area contributed by atoms with Crippen molar-refractivity contribution in [2.45, 2.75) is 63.8 Å². The van der Waals surface area contributed by atoms with Crippen molar-refractivity contribution in [3.63, 3.8) is 0 Å². The number of aryl methyl sites for hydroxylation is 2. The SMILES string of the molecule is CN1CCC[C@@]1(C)/C=C/S(=O)(=O)/N=C(\[O-])Nc1c2c(cc3c1CCC3)CCC2. The van der Waals surface area contributed by atoms with Crippen LogP contribution in [-0.4, -0.2) is 38.5 Å². The Balaban J connectivity index is 1.57. The molecule has 0 unspecified atom stereocenters. The summed E-state index contributed by atoms with van der Waals surface area (Å²) in [5.74, 6) is 0. The van der Waals surface area contributed by atoms with Crippen LogP contribution in [0.4, 0.5) is 5.69 Å². The largest absolute Gasteiger partial charge is 0.845 e. The van der Waals surface area contributed by atoms with E-state index in [4.69, 9.17) is 0 Å². The maximum atomic E-state index is 12.5. The molecule has 0 saturated carbocycles. The second-order valence-corrected chi connectivity index (χ2v) is 9.94. The Kier molecular flexibility index (Phi) is 5.00. The van der Waals surface area contributed by atoms with Gasteiger partial charge in [0.15, 0.2) is 0 Å². The van der Waals surface area contributed by atoms with Crippen LogP contribution in [0.15, 0.2) is 21.9 Å². The molecular weight excluding hydrogens is 374 g/mol. The summed E-state index contributed by atoms with van der Waals surface area (Å²) < 4.78 is 28.2. The Labute approximate surface area is 167 Å². The molecule has 1 aromatic carbocycles. The highest BCUT2D eigenvalue weighted by atomic mass is 32.2. The van der Waals surface area contributed by atoms with Crippen molar-refractivity contribution in [3.05, 3.63) is 39.8 Å². The zero-order valence-electron chi connectivity index (χ0n) is 16.6. The molecular formula is C21H28N3O3S-. The molecule has 2 aliphatic carbocycles. The van der Waals surface area contributed by atoms with Crippen molar-refractivity contribution in [2.24, 2.45) is 4.40 Å². The lowest BCUT2D eigenvalue weighted by molar-refractivity contribution is -0.213. The number of hydrogen-bond donors (Lipinski definition) is 1. The third-order valence-corrected chi connectivity index (χ3v) is 7.46. The lowest BCUT2D eigenvalue weighted by atomic mass is 9.99. The minimum atomic E-state index is -3.97. The van der Waals surface area contributed by atoms with Gasteiger partial charge in [-0.3, -0.25) is 4.90 Å². The maximum Gasteiger partial charge on any atom is 0.275 e. The van der Waals surface area contributed by atoms with Crippen LogP contribution >= 0.6 is 0 Å². The molecule has 1 fully saturated rings. The number of likely N-dealkylation sites (N-methyl/N-ethyl adjacent to an activating group) is 1. The van der Waals surface area contributed by atoms with E-state index in [9.17, 15) is 13.5 Å². The number of anilines is 1. The molecule has 1 heterocycles. The predicted octanol–water partition coefficient (Wildman–Crippen LogP) is 2.12. The highest BCUT2D eigenvalue weighted by molar-refractivity contribution is 7.93. The lowest BCUT2D eigenvalue weighted by Gasteiger charge is -2.28. The van der Waals surface area contributed by atoms with Gasteiger partial charge < -0.3 is 10.4 Å². The molecule has 7 heteroatoms. The summed E-state index contributed by atoms with van der Waals surface area (Å²) in [5.41, 5.74) is 5.42. The molecule has 4 rings (SSSR count). The summed E-state index contributed by atoms with van der Waals surface area (Å²) in [7, 11) is -2.00. The molecule has 6 nitrogen and oxygen atoms in total. The Hall–Kier alpha value is -1.86. The average molecular weight is 403 g/mol. The summed E-state index contributed by atoms with van der Waals surface area (Å²) in [6.07, 6.45) is 9.63. The van der Waals surface area contributed by atoms with Crippen molar-refractivity contribution >= 4 is 21.7 Å². The number of nitrogens with one attached hydrogen (secondary N) is 1. The van der Waals surface area contributed by atoms with Crippen molar-refractivity contribution in [1.29, 1.82) is 0 Å². The van der Waals surface area contributed by atoms with Crippen LogP contribution in [0, 0.1) is 0 Å². The standard InChI is InChI=1S/C21H29N3O3S/c1-21(10-5-12-24(21)2)11-13-28(26,27)23-20(25)22-19-17-8-3-6-15(17)14-16-7-4-9-18(16)19/h11,13-14H,3-10,12H2,1-2H3,(H2,22,23,25)/p-1/b13-11+/t21-/m0/s1. The summed E-state index contributed by atoms with van der Waals surface area (Å²) in [6, 6.07) is 1.47. The minimum absolute atomic E-state index is 0.305. The summed E-state index contributed by atoms with van der Waals surface area (Å²) in [6.45, 7) is 2.94. The van der Waals surface area contributed by atoms with Crippen LogP contribution in [0.1, 0.15) is 54.9 Å². The Morgan fingerprint density at radius 3 is 2.39 bits per heavy atom. The molecule has 1 N–H and O–H groups in total. The van der Waals surface area contributed by atoms with Gasteiger partial charge in [-0.25, -0.2) is 0 Å². The van der Waals surface area contributed by atoms with Crippen molar-refractivity contribution < 1.29 is 13.5 Å². The van der Waals surface area contributed by atoms with Gasteiger partial charge in [0.25, 0.3) is 10.0 Å². The van der Waals surface area contributed by atoms with E-state index in [0.29, 0.717) is 0 Å². The number of hydrogen-bond acceptors (Lipinski definition) is 4. The first kappa shape index (κ1) is 19.5. The van der Waals surface area contributed by atoms with E-state index in [1.165, 1.54) is 11.1 Å². The van der Waals surface area contributed by atoms with E-state index < -0.39 is 16.0 Å². The number of sulfonamides is 1. The van der Waals surface area contributed by atoms with Gasteiger partial charge in [0, 0.05) is 11.2 Å². The molecule has 1 atom stereocenters. The van der Waals surface area contributed by atoms with E-state index in [-0.39, 0.29) is 5.54 Å². The number of likely N-dealkylation sites (tertiary alicyclic amines) is 1. The molecule has 1 aromatic rings. The molecule has 0 amide bonds. The zero-order valence-corrected chi connectivity index (χ0v) is 17.4. The molecule has 0 bridgehead atoms. The summed E-state index contributed by atoms with van der Waals surface area (Å²) in [4.78, 5) is 2.12. The fourth-order valence-electron chi connectivity index (χ4n) is 4.81. The van der Waals surface area contributed by atoms with Gasteiger partial charge in [0.1, 0.15) is 0 Å². The highest BCUT2D eigenvalue weighted by Gasteiger charge is 2.31. The topological polar surface area (TPSA) is 84.8 Å². The molecule has 152 valence electrons. The van der Waals surface area contributed by atoms with Crippen LogP contribution < -0.4 is 10.4 Å². The molecule has 0 radical (unpaired) electrons. The molecule has 3 aliphatic rings. The number of rotatable bonds is 4. The second kappa shape index (κ2) is 7.19. The average Bonchev–Trinajstić information content (AvgIpc) is 3.34. The maximum absolute atomic E-state index is 12.5. The smallest absolute Gasteiger partial charge is 0.275 e. The van der Waals surface area contributed by atoms with Gasteiger partial charge in [0.05, 0.1) is 11.4 Å². The fraction of sp³-hybridized carbons (Fsp3) is 0.571. The Bertz CT molecular complexity index is 920. The normalized spacial score (nSPS) is 25.4. The first-order valence-electron chi connectivity index (χ1n) is 10.1. The van der Waals surface area contributed by atoms with Crippen molar-refractivity contribution in [2.75, 3.05) is 18.9 Å². The van der Waals surface area contributed by atoms with Crippen molar-refractivity contribution in [3.8, 4) is 0 Å². The van der Waals surface area contributed by atoms with Gasteiger partial charge in [-0.15, -0.1) is 0 Å². The molecule has 1 saturated heterocycles. The van der Waals surface area contributed by atoms with Crippen LogP contribution in [-0.2, 0) is 35.7 Å². The van der Waals surface area contributed by atoms with Crippen LogP contribution in [0.2, 0.25) is 0 Å². The van der Waals surface area contributed by atoms with Gasteiger partial charge in [-0.1, -0.05) is 12.1 Å². The molecule has 0 aromatic heterocycles. The first-order chi connectivity index (χ1) is 13.3. The molecule has 0 spiro atoms. The van der Waals surface area contributed by atoms with E-state index in [2.05, 4.69) is 20.7 Å². The van der Waals surface area contributed by atoms with Crippen LogP contribution in [0.3, 0.4) is 0 Å². The second-order valence-electron chi connectivity index (χ2n) is 8.46. The number of nitrogens with zero attached hydrogens (tertiary/aromatic N) is 2. The number of amidine groups is 1. The number of fused-ring (bicyclic) bond motifs is 2. The lowest BCUT2D eigenvalue weighted by Crippen LogP contribution is -2.36. The van der Waals surface area contributed by atoms with Crippen LogP contribution in [0.25, 0.3) is 0 Å². The van der Waals surface area contributed by atoms with Gasteiger partial charge in [-0.05, 0) is 94.1 Å².